The van der Waals surface area contributed by atoms with Crippen LogP contribution in [0.2, 0.25) is 0 Å². The Balaban J connectivity index is 1.77. The first kappa shape index (κ1) is 12.9. The number of nitrogens with one attached hydrogen (secondary N) is 2. The Morgan fingerprint density at radius 3 is 2.38 bits per heavy atom. The van der Waals surface area contributed by atoms with Crippen molar-refractivity contribution in [2.24, 2.45) is 5.10 Å². The molecule has 0 saturated heterocycles. The lowest BCUT2D eigenvalue weighted by Gasteiger charge is -2.00. The lowest BCUT2D eigenvalue weighted by Crippen LogP contribution is -2.12. The van der Waals surface area contributed by atoms with Gasteiger partial charge in [-0.3, -0.25) is 15.3 Å². The Hall–Kier alpha value is -3.08. The Morgan fingerprint density at radius 2 is 1.67 bits per heavy atom. The molecule has 1 aromatic heterocycles. The first-order valence-electron chi connectivity index (χ1n) is 6.54. The van der Waals surface area contributed by atoms with Crippen LogP contribution in [0.3, 0.4) is 0 Å². The fourth-order valence-electron chi connectivity index (χ4n) is 1.94. The van der Waals surface area contributed by atoms with Crippen LogP contribution in [0.5, 0.6) is 0 Å². The molecule has 0 radical (unpaired) electrons. The number of hydrogen-bond donors (Lipinski definition) is 2. The van der Waals surface area contributed by atoms with Gasteiger partial charge < -0.3 is 0 Å². The number of anilines is 1. The van der Waals surface area contributed by atoms with Crippen molar-refractivity contribution >= 4 is 11.9 Å². The molecule has 2 N–H and O–H groups in total. The fourth-order valence-corrected chi connectivity index (χ4v) is 1.94. The van der Waals surface area contributed by atoms with Gasteiger partial charge in [0.15, 0.2) is 0 Å². The lowest BCUT2D eigenvalue weighted by atomic mass is 10.3. The molecule has 1 heterocycles. The van der Waals surface area contributed by atoms with E-state index in [9.17, 15) is 4.79 Å². The second kappa shape index (κ2) is 5.92. The van der Waals surface area contributed by atoms with Crippen LogP contribution in [0.25, 0.3) is 5.69 Å². The van der Waals surface area contributed by atoms with Crippen molar-refractivity contribution < 1.29 is 0 Å². The number of H-pyrrole nitrogens is 1. The van der Waals surface area contributed by atoms with Crippen LogP contribution in [0.15, 0.2) is 76.6 Å². The number of benzene rings is 2. The van der Waals surface area contributed by atoms with E-state index in [0.717, 1.165) is 11.4 Å². The van der Waals surface area contributed by atoms with Crippen LogP contribution in [-0.2, 0) is 0 Å². The van der Waals surface area contributed by atoms with Gasteiger partial charge in [0.25, 0.3) is 5.56 Å². The summed E-state index contributed by atoms with van der Waals surface area (Å²) in [6, 6.07) is 20.5. The molecule has 0 aliphatic rings. The number of aromatic nitrogens is 2. The summed E-state index contributed by atoms with van der Waals surface area (Å²) in [5.41, 5.74) is 5.09. The monoisotopic (exact) mass is 278 g/mol. The van der Waals surface area contributed by atoms with Crippen LogP contribution < -0.4 is 11.0 Å². The number of aromatic amines is 1. The first-order valence-corrected chi connectivity index (χ1v) is 6.54. The van der Waals surface area contributed by atoms with Crippen molar-refractivity contribution in [1.82, 2.24) is 9.78 Å². The van der Waals surface area contributed by atoms with E-state index in [1.807, 2.05) is 60.7 Å². The molecule has 21 heavy (non-hydrogen) atoms. The molecule has 0 saturated carbocycles. The molecular weight excluding hydrogens is 264 g/mol. The maximum Gasteiger partial charge on any atom is 0.271 e. The maximum atomic E-state index is 11.9. The summed E-state index contributed by atoms with van der Waals surface area (Å²) in [6.07, 6.45) is 1.58. The van der Waals surface area contributed by atoms with Gasteiger partial charge in [0.2, 0.25) is 0 Å². The number of nitrogens with zero attached hydrogens (tertiary/aromatic N) is 2. The van der Waals surface area contributed by atoms with E-state index in [2.05, 4.69) is 15.6 Å². The highest BCUT2D eigenvalue weighted by atomic mass is 16.1. The van der Waals surface area contributed by atoms with Crippen molar-refractivity contribution in [2.75, 3.05) is 5.43 Å². The normalized spacial score (nSPS) is 10.9. The average molecular weight is 278 g/mol. The number of hydrogen-bond acceptors (Lipinski definition) is 3. The van der Waals surface area contributed by atoms with E-state index in [-0.39, 0.29) is 5.56 Å². The highest BCUT2D eigenvalue weighted by molar-refractivity contribution is 5.77. The molecule has 5 nitrogen and oxygen atoms in total. The zero-order chi connectivity index (χ0) is 14.5. The number of rotatable bonds is 4. The van der Waals surface area contributed by atoms with Crippen LogP contribution in [0.1, 0.15) is 5.69 Å². The zero-order valence-corrected chi connectivity index (χ0v) is 11.2. The predicted molar refractivity (Wildman–Crippen MR) is 84.0 cm³/mol. The van der Waals surface area contributed by atoms with Gasteiger partial charge in [-0.2, -0.15) is 5.10 Å². The Bertz CT molecular complexity index is 788. The third-order valence-corrected chi connectivity index (χ3v) is 2.93. The Labute approximate surface area is 121 Å². The van der Waals surface area contributed by atoms with Gasteiger partial charge in [0.1, 0.15) is 0 Å². The minimum atomic E-state index is -0.123. The van der Waals surface area contributed by atoms with Crippen molar-refractivity contribution in [3.8, 4) is 5.69 Å². The van der Waals surface area contributed by atoms with E-state index in [1.165, 1.54) is 10.7 Å². The molecule has 0 atom stereocenters. The summed E-state index contributed by atoms with van der Waals surface area (Å²) in [5, 5.41) is 7.10. The summed E-state index contributed by atoms with van der Waals surface area (Å²) in [6.45, 7) is 0. The minimum Gasteiger partial charge on any atom is -0.289 e. The highest BCUT2D eigenvalue weighted by Crippen LogP contribution is 2.05. The SMILES string of the molecule is O=c1cc(/C=N/Nc2ccccc2)[nH]n1-c1ccccc1. The predicted octanol–water partition coefficient (Wildman–Crippen LogP) is 2.61. The molecule has 0 unspecified atom stereocenters. The first-order chi connectivity index (χ1) is 10.3. The molecular formula is C16H14N4O. The third-order valence-electron chi connectivity index (χ3n) is 2.93. The van der Waals surface area contributed by atoms with Crippen molar-refractivity contribution in [3.63, 3.8) is 0 Å². The summed E-state index contributed by atoms with van der Waals surface area (Å²) < 4.78 is 1.48. The van der Waals surface area contributed by atoms with Gasteiger partial charge in [-0.05, 0) is 24.3 Å². The van der Waals surface area contributed by atoms with E-state index in [0.29, 0.717) is 5.69 Å². The number of para-hydroxylation sites is 2. The van der Waals surface area contributed by atoms with Gasteiger partial charge in [-0.15, -0.1) is 0 Å². The summed E-state index contributed by atoms with van der Waals surface area (Å²) in [4.78, 5) is 11.9. The van der Waals surface area contributed by atoms with Crippen LogP contribution in [-0.4, -0.2) is 16.0 Å². The molecule has 0 fully saturated rings. The third kappa shape index (κ3) is 3.09. The topological polar surface area (TPSA) is 62.2 Å². The molecule has 0 aliphatic carbocycles. The smallest absolute Gasteiger partial charge is 0.271 e. The fraction of sp³-hybridized carbons (Fsp3) is 0. The Kier molecular flexibility index (Phi) is 3.64. The second-order valence-electron chi connectivity index (χ2n) is 4.46. The van der Waals surface area contributed by atoms with Gasteiger partial charge in [0.05, 0.1) is 23.3 Å². The summed E-state index contributed by atoms with van der Waals surface area (Å²) in [7, 11) is 0. The van der Waals surface area contributed by atoms with E-state index in [1.54, 1.807) is 6.21 Å². The molecule has 5 heteroatoms. The highest BCUT2D eigenvalue weighted by Gasteiger charge is 2.02. The number of hydrazone groups is 1. The molecule has 3 aromatic rings. The lowest BCUT2D eigenvalue weighted by molar-refractivity contribution is 0.846. The largest absolute Gasteiger partial charge is 0.289 e. The molecule has 104 valence electrons. The van der Waals surface area contributed by atoms with Gasteiger partial charge in [0, 0.05) is 6.07 Å². The van der Waals surface area contributed by atoms with Crippen molar-refractivity contribution in [2.45, 2.75) is 0 Å². The van der Waals surface area contributed by atoms with E-state index >= 15 is 0 Å². The van der Waals surface area contributed by atoms with Crippen molar-refractivity contribution in [1.29, 1.82) is 0 Å². The second-order valence-corrected chi connectivity index (χ2v) is 4.46. The molecule has 0 spiro atoms. The van der Waals surface area contributed by atoms with Gasteiger partial charge >= 0.3 is 0 Å². The van der Waals surface area contributed by atoms with Crippen LogP contribution >= 0.6 is 0 Å². The zero-order valence-electron chi connectivity index (χ0n) is 11.2. The van der Waals surface area contributed by atoms with Gasteiger partial charge in [-0.1, -0.05) is 36.4 Å². The summed E-state index contributed by atoms with van der Waals surface area (Å²) in [5.74, 6) is 0. The minimum absolute atomic E-state index is 0.123. The Morgan fingerprint density at radius 1 is 1.00 bits per heavy atom. The summed E-state index contributed by atoms with van der Waals surface area (Å²) >= 11 is 0. The molecule has 0 aliphatic heterocycles. The maximum absolute atomic E-state index is 11.9. The van der Waals surface area contributed by atoms with Gasteiger partial charge in [-0.25, -0.2) is 4.68 Å². The van der Waals surface area contributed by atoms with Crippen molar-refractivity contribution in [3.05, 3.63) is 82.8 Å². The standard InChI is InChI=1S/C16H14N4O/c21-16-11-14(12-17-18-13-7-3-1-4-8-13)19-20(16)15-9-5-2-6-10-15/h1-12,18-19H/b17-12+. The van der Waals surface area contributed by atoms with Crippen LogP contribution in [0.4, 0.5) is 5.69 Å². The molecule has 2 aromatic carbocycles. The van der Waals surface area contributed by atoms with E-state index < -0.39 is 0 Å². The average Bonchev–Trinajstić information content (AvgIpc) is 2.90. The molecule has 0 bridgehead atoms. The van der Waals surface area contributed by atoms with Crippen LogP contribution in [0, 0.1) is 0 Å². The quantitative estimate of drug-likeness (QED) is 0.569. The van der Waals surface area contributed by atoms with E-state index in [4.69, 9.17) is 0 Å². The molecule has 0 amide bonds. The molecule has 3 rings (SSSR count).